The molecule has 0 spiro atoms. The zero-order valence-electron chi connectivity index (χ0n) is 14.1. The van der Waals surface area contributed by atoms with E-state index in [1.165, 1.54) is 19.2 Å². The van der Waals surface area contributed by atoms with Gasteiger partial charge in [-0.15, -0.1) is 0 Å². The highest BCUT2D eigenvalue weighted by Gasteiger charge is 2.32. The zero-order chi connectivity index (χ0) is 19.6. The van der Waals surface area contributed by atoms with Crippen molar-refractivity contribution in [1.29, 1.82) is 0 Å². The third-order valence-corrected chi connectivity index (χ3v) is 5.29. The van der Waals surface area contributed by atoms with Crippen LogP contribution in [-0.2, 0) is 11.4 Å². The number of amides is 2. The molecule has 1 N–H and O–H groups in total. The van der Waals surface area contributed by atoms with Gasteiger partial charge in [0.1, 0.15) is 12.4 Å². The summed E-state index contributed by atoms with van der Waals surface area (Å²) in [5, 5.41) is 8.62. The van der Waals surface area contributed by atoms with Crippen molar-refractivity contribution in [2.45, 2.75) is 6.61 Å². The SMILES string of the molecule is CN1C(=O)SC(=Cc2cc(Br)ccc2OCc2ccc(C(=O)O)cc2)C1=O. The van der Waals surface area contributed by atoms with Crippen LogP contribution in [0, 0.1) is 0 Å². The minimum absolute atomic E-state index is 0.207. The lowest BCUT2D eigenvalue weighted by Gasteiger charge is -2.11. The predicted octanol–water partition coefficient (Wildman–Crippen LogP) is 4.39. The van der Waals surface area contributed by atoms with Crippen LogP contribution in [0.3, 0.4) is 0 Å². The quantitative estimate of drug-likeness (QED) is 0.684. The average Bonchev–Trinajstić information content (AvgIpc) is 2.88. The van der Waals surface area contributed by atoms with Gasteiger partial charge in [-0.2, -0.15) is 0 Å². The number of nitrogens with zero attached hydrogens (tertiary/aromatic N) is 1. The average molecular weight is 448 g/mol. The van der Waals surface area contributed by atoms with Crippen molar-refractivity contribution in [1.82, 2.24) is 4.90 Å². The lowest BCUT2D eigenvalue weighted by Crippen LogP contribution is -2.22. The Morgan fingerprint density at radius 3 is 2.52 bits per heavy atom. The number of likely N-dealkylation sites (N-methyl/N-ethyl adjacent to an activating group) is 1. The molecule has 6 nitrogen and oxygen atoms in total. The van der Waals surface area contributed by atoms with Gasteiger partial charge in [-0.05, 0) is 53.7 Å². The first-order valence-electron chi connectivity index (χ1n) is 7.81. The molecule has 1 heterocycles. The van der Waals surface area contributed by atoms with Crippen LogP contribution >= 0.6 is 27.7 Å². The molecule has 0 radical (unpaired) electrons. The van der Waals surface area contributed by atoms with E-state index in [-0.39, 0.29) is 23.3 Å². The molecule has 2 aromatic carbocycles. The van der Waals surface area contributed by atoms with Crippen LogP contribution in [0.2, 0.25) is 0 Å². The van der Waals surface area contributed by atoms with Gasteiger partial charge in [-0.1, -0.05) is 28.1 Å². The second-order valence-corrected chi connectivity index (χ2v) is 7.62. The van der Waals surface area contributed by atoms with Crippen molar-refractivity contribution >= 4 is 50.9 Å². The summed E-state index contributed by atoms with van der Waals surface area (Å²) in [5.41, 5.74) is 1.67. The Morgan fingerprint density at radius 1 is 1.22 bits per heavy atom. The molecule has 0 saturated carbocycles. The normalized spacial score (nSPS) is 15.5. The Bertz CT molecular complexity index is 955. The molecular formula is C19H14BrNO5S. The summed E-state index contributed by atoms with van der Waals surface area (Å²) in [6.45, 7) is 0.234. The smallest absolute Gasteiger partial charge is 0.335 e. The first-order valence-corrected chi connectivity index (χ1v) is 9.42. The first kappa shape index (κ1) is 19.2. The van der Waals surface area contributed by atoms with Crippen LogP contribution in [0.15, 0.2) is 51.8 Å². The molecule has 8 heteroatoms. The van der Waals surface area contributed by atoms with Gasteiger partial charge in [0.05, 0.1) is 10.5 Å². The molecule has 138 valence electrons. The van der Waals surface area contributed by atoms with Gasteiger partial charge in [0.25, 0.3) is 11.1 Å². The van der Waals surface area contributed by atoms with Crippen molar-refractivity contribution in [2.24, 2.45) is 0 Å². The van der Waals surface area contributed by atoms with Crippen molar-refractivity contribution < 1.29 is 24.2 Å². The molecule has 1 fully saturated rings. The number of carboxylic acids is 1. The van der Waals surface area contributed by atoms with Gasteiger partial charge < -0.3 is 9.84 Å². The van der Waals surface area contributed by atoms with E-state index >= 15 is 0 Å². The largest absolute Gasteiger partial charge is 0.488 e. The fraction of sp³-hybridized carbons (Fsp3) is 0.105. The van der Waals surface area contributed by atoms with Crippen molar-refractivity contribution in [3.8, 4) is 5.75 Å². The topological polar surface area (TPSA) is 83.9 Å². The van der Waals surface area contributed by atoms with E-state index in [0.29, 0.717) is 16.2 Å². The van der Waals surface area contributed by atoms with Gasteiger partial charge in [-0.3, -0.25) is 14.5 Å². The third-order valence-electron chi connectivity index (χ3n) is 3.84. The number of aromatic carboxylic acids is 1. The lowest BCUT2D eigenvalue weighted by molar-refractivity contribution is -0.121. The van der Waals surface area contributed by atoms with Crippen molar-refractivity contribution in [2.75, 3.05) is 7.05 Å². The van der Waals surface area contributed by atoms with E-state index < -0.39 is 5.97 Å². The number of hydrogen-bond acceptors (Lipinski definition) is 5. The maximum Gasteiger partial charge on any atom is 0.335 e. The number of thioether (sulfide) groups is 1. The standard InChI is InChI=1S/C19H14BrNO5S/c1-21-17(22)16(27-19(21)25)9-13-8-14(20)6-7-15(13)26-10-11-2-4-12(5-3-11)18(23)24/h2-9H,10H2,1H3,(H,23,24). The van der Waals surface area contributed by atoms with Crippen LogP contribution in [0.1, 0.15) is 21.5 Å². The highest BCUT2D eigenvalue weighted by Crippen LogP contribution is 2.34. The van der Waals surface area contributed by atoms with Crippen LogP contribution < -0.4 is 4.74 Å². The van der Waals surface area contributed by atoms with Gasteiger partial charge in [0.15, 0.2) is 0 Å². The molecule has 0 atom stereocenters. The van der Waals surface area contributed by atoms with Crippen LogP contribution in [-0.4, -0.2) is 34.2 Å². The number of ether oxygens (including phenoxy) is 1. The molecule has 0 aliphatic carbocycles. The van der Waals surface area contributed by atoms with E-state index in [9.17, 15) is 14.4 Å². The Balaban J connectivity index is 1.81. The second kappa shape index (κ2) is 7.98. The minimum atomic E-state index is -0.984. The summed E-state index contributed by atoms with van der Waals surface area (Å²) < 4.78 is 6.65. The maximum atomic E-state index is 12.1. The van der Waals surface area contributed by atoms with E-state index in [0.717, 1.165) is 26.7 Å². The summed E-state index contributed by atoms with van der Waals surface area (Å²) in [6, 6.07) is 11.8. The number of benzene rings is 2. The van der Waals surface area contributed by atoms with Gasteiger partial charge in [0, 0.05) is 17.1 Å². The summed E-state index contributed by atoms with van der Waals surface area (Å²) in [7, 11) is 1.44. The summed E-state index contributed by atoms with van der Waals surface area (Å²) in [5.74, 6) is -0.786. The van der Waals surface area contributed by atoms with E-state index in [1.54, 1.807) is 30.3 Å². The lowest BCUT2D eigenvalue weighted by atomic mass is 10.1. The van der Waals surface area contributed by atoms with Gasteiger partial charge in [-0.25, -0.2) is 4.79 Å². The molecule has 0 unspecified atom stereocenters. The zero-order valence-corrected chi connectivity index (χ0v) is 16.5. The van der Waals surface area contributed by atoms with Crippen LogP contribution in [0.5, 0.6) is 5.75 Å². The number of imide groups is 1. The molecule has 1 aliphatic rings. The number of rotatable bonds is 5. The molecule has 27 heavy (non-hydrogen) atoms. The third kappa shape index (κ3) is 4.40. The van der Waals surface area contributed by atoms with E-state index in [2.05, 4.69) is 15.9 Å². The Hall–Kier alpha value is -2.58. The van der Waals surface area contributed by atoms with E-state index in [4.69, 9.17) is 9.84 Å². The predicted molar refractivity (Wildman–Crippen MR) is 106 cm³/mol. The highest BCUT2D eigenvalue weighted by molar-refractivity contribution is 9.10. The van der Waals surface area contributed by atoms with E-state index in [1.807, 2.05) is 6.07 Å². The highest BCUT2D eigenvalue weighted by atomic mass is 79.9. The molecule has 2 aromatic rings. The molecule has 0 bridgehead atoms. The molecule has 0 aromatic heterocycles. The summed E-state index contributed by atoms with van der Waals surface area (Å²) >= 11 is 4.27. The van der Waals surface area contributed by atoms with Gasteiger partial charge in [0.2, 0.25) is 0 Å². The Kier molecular flexibility index (Phi) is 5.67. The number of carboxylic acid groups (broad SMARTS) is 1. The van der Waals surface area contributed by atoms with Crippen LogP contribution in [0.25, 0.3) is 6.08 Å². The number of carbonyl (C=O) groups is 3. The molecular weight excluding hydrogens is 434 g/mol. The number of hydrogen-bond donors (Lipinski definition) is 1. The first-order chi connectivity index (χ1) is 12.8. The molecule has 1 aliphatic heterocycles. The number of carbonyl (C=O) groups excluding carboxylic acids is 2. The fourth-order valence-corrected chi connectivity index (χ4v) is 3.55. The van der Waals surface area contributed by atoms with Crippen LogP contribution in [0.4, 0.5) is 4.79 Å². The van der Waals surface area contributed by atoms with Gasteiger partial charge >= 0.3 is 5.97 Å². The monoisotopic (exact) mass is 447 g/mol. The molecule has 1 saturated heterocycles. The second-order valence-electron chi connectivity index (χ2n) is 5.71. The molecule has 2 amide bonds. The van der Waals surface area contributed by atoms with Crippen molar-refractivity contribution in [3.05, 3.63) is 68.5 Å². The Morgan fingerprint density at radius 2 is 1.93 bits per heavy atom. The minimum Gasteiger partial charge on any atom is -0.488 e. The maximum absolute atomic E-state index is 12.1. The number of halogens is 1. The Labute approximate surface area is 167 Å². The molecule has 3 rings (SSSR count). The fourth-order valence-electron chi connectivity index (χ4n) is 2.36. The van der Waals surface area contributed by atoms with Crippen molar-refractivity contribution in [3.63, 3.8) is 0 Å². The summed E-state index contributed by atoms with van der Waals surface area (Å²) in [4.78, 5) is 36.1. The summed E-state index contributed by atoms with van der Waals surface area (Å²) in [6.07, 6.45) is 1.63.